The maximum atomic E-state index is 9.75. The van der Waals surface area contributed by atoms with Gasteiger partial charge in [0, 0.05) is 18.4 Å². The van der Waals surface area contributed by atoms with Crippen LogP contribution in [0, 0.1) is 6.92 Å². The van der Waals surface area contributed by atoms with Crippen LogP contribution < -0.4 is 0 Å². The zero-order valence-electron chi connectivity index (χ0n) is 8.39. The highest BCUT2D eigenvalue weighted by Gasteiger charge is 2.19. The fourth-order valence-corrected chi connectivity index (χ4v) is 1.55. The molecular weight excluding hydrogens is 218 g/mol. The second-order valence-corrected chi connectivity index (χ2v) is 3.78. The van der Waals surface area contributed by atoms with Crippen molar-refractivity contribution in [1.82, 2.24) is 4.98 Å². The minimum Gasteiger partial charge on any atom is -0.396 e. The van der Waals surface area contributed by atoms with Crippen molar-refractivity contribution in [3.63, 3.8) is 0 Å². The number of aryl methyl sites for hydroxylation is 1. The number of nitrogens with zero attached hydrogens (tertiary/aromatic N) is 1. The van der Waals surface area contributed by atoms with Gasteiger partial charge in [-0.2, -0.15) is 0 Å². The first-order valence-electron chi connectivity index (χ1n) is 4.65. The van der Waals surface area contributed by atoms with Crippen molar-refractivity contribution in [2.75, 3.05) is 6.61 Å². The minimum absolute atomic E-state index is 0.128. The number of halogens is 1. The summed E-state index contributed by atoms with van der Waals surface area (Å²) in [6, 6.07) is 1.62. The molecule has 0 saturated carbocycles. The SMILES string of the molecule is Cc1cc(Cl)ncc1C(O)C(O)CCO. The summed E-state index contributed by atoms with van der Waals surface area (Å²) in [5.74, 6) is 0. The Morgan fingerprint density at radius 2 is 2.13 bits per heavy atom. The van der Waals surface area contributed by atoms with E-state index in [0.29, 0.717) is 10.7 Å². The molecule has 15 heavy (non-hydrogen) atoms. The van der Waals surface area contributed by atoms with E-state index in [1.807, 2.05) is 0 Å². The smallest absolute Gasteiger partial charge is 0.129 e. The van der Waals surface area contributed by atoms with Gasteiger partial charge in [-0.05, 0) is 25.0 Å². The van der Waals surface area contributed by atoms with E-state index in [-0.39, 0.29) is 13.0 Å². The summed E-state index contributed by atoms with van der Waals surface area (Å²) in [6.45, 7) is 1.61. The van der Waals surface area contributed by atoms with Crippen LogP contribution in [-0.2, 0) is 0 Å². The topological polar surface area (TPSA) is 73.6 Å². The summed E-state index contributed by atoms with van der Waals surface area (Å²) in [4.78, 5) is 3.84. The third-order valence-corrected chi connectivity index (χ3v) is 2.43. The Bertz CT molecular complexity index is 332. The van der Waals surface area contributed by atoms with Crippen molar-refractivity contribution >= 4 is 11.6 Å². The van der Waals surface area contributed by atoms with E-state index >= 15 is 0 Å². The van der Waals surface area contributed by atoms with Gasteiger partial charge >= 0.3 is 0 Å². The molecule has 0 bridgehead atoms. The summed E-state index contributed by atoms with van der Waals surface area (Å²) in [5.41, 5.74) is 1.29. The van der Waals surface area contributed by atoms with E-state index in [0.717, 1.165) is 5.56 Å². The molecule has 4 nitrogen and oxygen atoms in total. The van der Waals surface area contributed by atoms with Crippen LogP contribution in [0.1, 0.15) is 23.7 Å². The number of pyridine rings is 1. The summed E-state index contributed by atoms with van der Waals surface area (Å²) < 4.78 is 0. The van der Waals surface area contributed by atoms with Gasteiger partial charge in [0.05, 0.1) is 6.10 Å². The van der Waals surface area contributed by atoms with E-state index in [9.17, 15) is 10.2 Å². The molecule has 0 radical (unpaired) electrons. The second-order valence-electron chi connectivity index (χ2n) is 3.39. The number of aliphatic hydroxyl groups is 3. The number of hydrogen-bond donors (Lipinski definition) is 3. The lowest BCUT2D eigenvalue weighted by Gasteiger charge is -2.18. The van der Waals surface area contributed by atoms with Gasteiger partial charge in [0.25, 0.3) is 0 Å². The van der Waals surface area contributed by atoms with E-state index in [4.69, 9.17) is 16.7 Å². The molecule has 5 heteroatoms. The molecule has 1 aromatic rings. The van der Waals surface area contributed by atoms with Crippen molar-refractivity contribution in [1.29, 1.82) is 0 Å². The van der Waals surface area contributed by atoms with Crippen LogP contribution in [0.4, 0.5) is 0 Å². The Hall–Kier alpha value is -0.680. The summed E-state index contributed by atoms with van der Waals surface area (Å²) in [6.07, 6.45) is -0.467. The quantitative estimate of drug-likeness (QED) is 0.671. The summed E-state index contributed by atoms with van der Waals surface area (Å²) in [7, 11) is 0. The molecule has 0 spiro atoms. The molecule has 1 heterocycles. The van der Waals surface area contributed by atoms with Crippen molar-refractivity contribution in [3.8, 4) is 0 Å². The Morgan fingerprint density at radius 3 is 2.67 bits per heavy atom. The molecule has 0 aliphatic heterocycles. The molecule has 0 aromatic carbocycles. The Morgan fingerprint density at radius 1 is 1.47 bits per heavy atom. The van der Waals surface area contributed by atoms with Crippen molar-refractivity contribution in [2.45, 2.75) is 25.6 Å². The second kappa shape index (κ2) is 5.42. The number of rotatable bonds is 4. The van der Waals surface area contributed by atoms with Crippen LogP contribution in [-0.4, -0.2) is 33.0 Å². The van der Waals surface area contributed by atoms with E-state index in [2.05, 4.69) is 4.98 Å². The van der Waals surface area contributed by atoms with Crippen LogP contribution in [0.2, 0.25) is 5.15 Å². The van der Waals surface area contributed by atoms with Crippen molar-refractivity contribution < 1.29 is 15.3 Å². The first kappa shape index (κ1) is 12.4. The van der Waals surface area contributed by atoms with Crippen LogP contribution in [0.25, 0.3) is 0 Å². The lowest BCUT2D eigenvalue weighted by molar-refractivity contribution is 0.00370. The fourth-order valence-electron chi connectivity index (χ4n) is 1.34. The van der Waals surface area contributed by atoms with Gasteiger partial charge in [-0.3, -0.25) is 0 Å². The summed E-state index contributed by atoms with van der Waals surface area (Å²) in [5, 5.41) is 28.2. The number of aliphatic hydroxyl groups excluding tert-OH is 3. The van der Waals surface area contributed by atoms with Crippen LogP contribution in [0.5, 0.6) is 0 Å². The molecule has 1 aromatic heterocycles. The Balaban J connectivity index is 2.86. The molecule has 0 aliphatic rings. The molecule has 2 atom stereocenters. The largest absolute Gasteiger partial charge is 0.396 e. The van der Waals surface area contributed by atoms with Gasteiger partial charge in [0.15, 0.2) is 0 Å². The third kappa shape index (κ3) is 3.14. The third-order valence-electron chi connectivity index (χ3n) is 2.23. The van der Waals surface area contributed by atoms with E-state index < -0.39 is 12.2 Å². The molecule has 0 aliphatic carbocycles. The highest BCUT2D eigenvalue weighted by molar-refractivity contribution is 6.29. The molecule has 0 amide bonds. The number of aromatic nitrogens is 1. The maximum absolute atomic E-state index is 9.75. The first-order chi connectivity index (χ1) is 7.06. The Labute approximate surface area is 93.2 Å². The first-order valence-corrected chi connectivity index (χ1v) is 5.03. The average molecular weight is 232 g/mol. The van der Waals surface area contributed by atoms with Gasteiger partial charge in [-0.1, -0.05) is 11.6 Å². The monoisotopic (exact) mass is 231 g/mol. The predicted octanol–water partition coefficient (Wildman–Crippen LogP) is 0.820. The minimum atomic E-state index is -1.04. The van der Waals surface area contributed by atoms with Crippen molar-refractivity contribution in [2.24, 2.45) is 0 Å². The van der Waals surface area contributed by atoms with Gasteiger partial charge in [-0.25, -0.2) is 4.98 Å². The summed E-state index contributed by atoms with van der Waals surface area (Å²) >= 11 is 5.67. The molecule has 0 saturated heterocycles. The van der Waals surface area contributed by atoms with Crippen LogP contribution in [0.3, 0.4) is 0 Å². The van der Waals surface area contributed by atoms with E-state index in [1.165, 1.54) is 6.20 Å². The zero-order valence-corrected chi connectivity index (χ0v) is 9.15. The Kier molecular flexibility index (Phi) is 4.47. The van der Waals surface area contributed by atoms with Gasteiger partial charge < -0.3 is 15.3 Å². The highest BCUT2D eigenvalue weighted by atomic mass is 35.5. The van der Waals surface area contributed by atoms with Gasteiger partial charge in [-0.15, -0.1) is 0 Å². The van der Waals surface area contributed by atoms with Crippen LogP contribution >= 0.6 is 11.6 Å². The van der Waals surface area contributed by atoms with Crippen LogP contribution in [0.15, 0.2) is 12.3 Å². The molecule has 84 valence electrons. The van der Waals surface area contributed by atoms with Gasteiger partial charge in [0.1, 0.15) is 11.3 Å². The molecule has 0 fully saturated rings. The molecule has 3 N–H and O–H groups in total. The lowest BCUT2D eigenvalue weighted by atomic mass is 10.0. The molecule has 1 rings (SSSR count). The standard InChI is InChI=1S/C10H14ClNO3/c1-6-4-9(11)12-5-7(6)10(15)8(14)2-3-13/h4-5,8,10,13-15H,2-3H2,1H3. The average Bonchev–Trinajstić information content (AvgIpc) is 2.17. The normalized spacial score (nSPS) is 15.0. The molecule has 2 unspecified atom stereocenters. The molecular formula is C10H14ClNO3. The zero-order chi connectivity index (χ0) is 11.4. The van der Waals surface area contributed by atoms with Crippen molar-refractivity contribution in [3.05, 3.63) is 28.5 Å². The number of hydrogen-bond acceptors (Lipinski definition) is 4. The maximum Gasteiger partial charge on any atom is 0.129 e. The lowest BCUT2D eigenvalue weighted by Crippen LogP contribution is -2.20. The predicted molar refractivity (Wildman–Crippen MR) is 56.7 cm³/mol. The van der Waals surface area contributed by atoms with E-state index in [1.54, 1.807) is 13.0 Å². The fraction of sp³-hybridized carbons (Fsp3) is 0.500. The van der Waals surface area contributed by atoms with Gasteiger partial charge in [0.2, 0.25) is 0 Å². The highest BCUT2D eigenvalue weighted by Crippen LogP contribution is 2.23.